The van der Waals surface area contributed by atoms with Gasteiger partial charge in [0.1, 0.15) is 5.75 Å². The Kier molecular flexibility index (Phi) is 12.9. The van der Waals surface area contributed by atoms with Crippen molar-refractivity contribution in [3.63, 3.8) is 0 Å². The summed E-state index contributed by atoms with van der Waals surface area (Å²) in [5.41, 5.74) is 0.838. The molecule has 1 heterocycles. The molecule has 0 aromatic heterocycles. The van der Waals surface area contributed by atoms with E-state index in [-0.39, 0.29) is 16.8 Å². The predicted molar refractivity (Wildman–Crippen MR) is 158 cm³/mol. The lowest BCUT2D eigenvalue weighted by atomic mass is 9.69. The summed E-state index contributed by atoms with van der Waals surface area (Å²) in [5, 5.41) is 11.9. The van der Waals surface area contributed by atoms with Gasteiger partial charge in [0.05, 0.1) is 42.7 Å². The molecule has 2 aromatic rings. The van der Waals surface area contributed by atoms with Crippen molar-refractivity contribution in [1.82, 2.24) is 0 Å². The van der Waals surface area contributed by atoms with Crippen LogP contribution in [0.2, 0.25) is 0 Å². The van der Waals surface area contributed by atoms with Gasteiger partial charge in [-0.2, -0.15) is 0 Å². The van der Waals surface area contributed by atoms with Gasteiger partial charge in [-0.3, -0.25) is 0 Å². The summed E-state index contributed by atoms with van der Waals surface area (Å²) in [5.74, 6) is 0.00323. The summed E-state index contributed by atoms with van der Waals surface area (Å²) in [6, 6.07) is 15.1. The number of fused-ring (bicyclic) bond motifs is 1. The zero-order valence-corrected chi connectivity index (χ0v) is 25.5. The van der Waals surface area contributed by atoms with Crippen molar-refractivity contribution in [2.45, 2.75) is 82.3 Å². The molecule has 3 rings (SSSR count). The average Bonchev–Trinajstić information content (AvgIpc) is 3.02. The van der Waals surface area contributed by atoms with E-state index in [4.69, 9.17) is 18.9 Å². The maximum atomic E-state index is 13.9. The van der Waals surface area contributed by atoms with Gasteiger partial charge in [0.15, 0.2) is 9.84 Å². The summed E-state index contributed by atoms with van der Waals surface area (Å²) in [6.45, 7) is 8.91. The highest BCUT2D eigenvalue weighted by Crippen LogP contribution is 2.49. The second kappa shape index (κ2) is 15.9. The molecule has 0 fully saturated rings. The highest BCUT2D eigenvalue weighted by molar-refractivity contribution is 7.91. The SMILES string of the molecule is CCCC[C@]1(CC)CS(=O)(=O)c2cc(OCCC(C)OCCCOCCOC)ccc2[C@@H](c2ccccc2)[C@H]1O. The smallest absolute Gasteiger partial charge is 0.179 e. The van der Waals surface area contributed by atoms with Crippen LogP contribution in [0.1, 0.15) is 76.3 Å². The van der Waals surface area contributed by atoms with E-state index in [1.165, 1.54) is 0 Å². The fourth-order valence-electron chi connectivity index (χ4n) is 5.57. The Morgan fingerprint density at radius 3 is 2.48 bits per heavy atom. The van der Waals surface area contributed by atoms with Gasteiger partial charge in [0.2, 0.25) is 0 Å². The quantitative estimate of drug-likeness (QED) is 0.239. The molecule has 2 aromatic carbocycles. The first-order valence-electron chi connectivity index (χ1n) is 14.7. The first kappa shape index (κ1) is 32.5. The van der Waals surface area contributed by atoms with Gasteiger partial charge in [0, 0.05) is 38.1 Å². The second-order valence-electron chi connectivity index (χ2n) is 10.9. The van der Waals surface area contributed by atoms with E-state index in [9.17, 15) is 13.5 Å². The van der Waals surface area contributed by atoms with Crippen molar-refractivity contribution >= 4 is 9.84 Å². The van der Waals surface area contributed by atoms with Crippen molar-refractivity contribution in [3.8, 4) is 5.75 Å². The molecule has 0 saturated carbocycles. The first-order valence-corrected chi connectivity index (χ1v) is 16.3. The average molecular weight is 577 g/mol. The minimum absolute atomic E-state index is 0.00452. The number of aliphatic hydroxyl groups is 1. The Hall–Kier alpha value is -1.97. The first-order chi connectivity index (χ1) is 19.3. The molecule has 1 aliphatic rings. The Bertz CT molecular complexity index is 1120. The molecule has 0 radical (unpaired) electrons. The van der Waals surface area contributed by atoms with E-state index in [1.807, 2.05) is 56.3 Å². The molecule has 40 heavy (non-hydrogen) atoms. The lowest BCUT2D eigenvalue weighted by Gasteiger charge is -2.39. The molecule has 0 spiro atoms. The third kappa shape index (κ3) is 8.52. The van der Waals surface area contributed by atoms with Crippen LogP contribution in [0.25, 0.3) is 0 Å². The molecule has 1 aliphatic heterocycles. The summed E-state index contributed by atoms with van der Waals surface area (Å²) in [7, 11) is -2.02. The van der Waals surface area contributed by atoms with E-state index in [0.29, 0.717) is 63.6 Å². The standard InChI is InChI=1S/C32H48O7S/c1-5-7-17-32(6-2)24-40(34,35)29-23-27(39-20-16-25(3)38-19-11-18-37-22-21-36-4)14-15-28(29)30(31(32)33)26-12-9-8-10-13-26/h8-10,12-15,23,25,30-31,33H,5-7,11,16-22,24H2,1-4H3/t25?,30-,31-,32-/m1/s1. The molecule has 8 heteroatoms. The molecule has 224 valence electrons. The van der Waals surface area contributed by atoms with Crippen molar-refractivity contribution in [3.05, 3.63) is 59.7 Å². The highest BCUT2D eigenvalue weighted by Gasteiger charge is 2.48. The van der Waals surface area contributed by atoms with Crippen LogP contribution >= 0.6 is 0 Å². The summed E-state index contributed by atoms with van der Waals surface area (Å²) >= 11 is 0. The van der Waals surface area contributed by atoms with Crippen LogP contribution < -0.4 is 4.74 Å². The van der Waals surface area contributed by atoms with E-state index in [2.05, 4.69) is 6.92 Å². The lowest BCUT2D eigenvalue weighted by molar-refractivity contribution is 0.0174. The summed E-state index contributed by atoms with van der Waals surface area (Å²) in [4.78, 5) is 0.266. The van der Waals surface area contributed by atoms with Gasteiger partial charge in [-0.15, -0.1) is 0 Å². The van der Waals surface area contributed by atoms with E-state index in [0.717, 1.165) is 24.8 Å². The third-order valence-corrected chi connectivity index (χ3v) is 10.0. The predicted octanol–water partition coefficient (Wildman–Crippen LogP) is 5.78. The zero-order valence-electron chi connectivity index (χ0n) is 24.6. The van der Waals surface area contributed by atoms with Crippen LogP contribution in [0.4, 0.5) is 0 Å². The number of benzene rings is 2. The van der Waals surface area contributed by atoms with Crippen LogP contribution in [0.15, 0.2) is 53.4 Å². The molecule has 0 aliphatic carbocycles. The van der Waals surface area contributed by atoms with Crippen LogP contribution in [0, 0.1) is 5.41 Å². The van der Waals surface area contributed by atoms with Crippen LogP contribution in [0.3, 0.4) is 0 Å². The largest absolute Gasteiger partial charge is 0.493 e. The van der Waals surface area contributed by atoms with Gasteiger partial charge in [-0.1, -0.05) is 63.1 Å². The third-order valence-electron chi connectivity index (χ3n) is 8.03. The van der Waals surface area contributed by atoms with E-state index in [1.54, 1.807) is 13.2 Å². The molecule has 1 unspecified atom stereocenters. The summed E-state index contributed by atoms with van der Waals surface area (Å²) < 4.78 is 50.1. The number of unbranched alkanes of at least 4 members (excludes halogenated alkanes) is 1. The highest BCUT2D eigenvalue weighted by atomic mass is 32.2. The minimum Gasteiger partial charge on any atom is -0.493 e. The number of rotatable bonds is 17. The molecule has 1 N–H and O–H groups in total. The van der Waals surface area contributed by atoms with E-state index < -0.39 is 27.3 Å². The number of methoxy groups -OCH3 is 1. The van der Waals surface area contributed by atoms with Crippen molar-refractivity contribution in [2.24, 2.45) is 5.41 Å². The number of aliphatic hydroxyl groups excluding tert-OH is 1. The van der Waals surface area contributed by atoms with Crippen LogP contribution in [-0.4, -0.2) is 71.6 Å². The van der Waals surface area contributed by atoms with Crippen molar-refractivity contribution in [2.75, 3.05) is 45.9 Å². The van der Waals surface area contributed by atoms with Gasteiger partial charge >= 0.3 is 0 Å². The Labute approximate surface area is 241 Å². The van der Waals surface area contributed by atoms with Gasteiger partial charge in [-0.25, -0.2) is 8.42 Å². The molecule has 7 nitrogen and oxygen atoms in total. The van der Waals surface area contributed by atoms with Gasteiger partial charge < -0.3 is 24.1 Å². The van der Waals surface area contributed by atoms with Gasteiger partial charge in [-0.05, 0) is 49.4 Å². The molecule has 0 amide bonds. The topological polar surface area (TPSA) is 91.3 Å². The zero-order chi connectivity index (χ0) is 29.0. The van der Waals surface area contributed by atoms with Crippen molar-refractivity contribution < 1.29 is 32.5 Å². The number of hydrogen-bond acceptors (Lipinski definition) is 7. The number of hydrogen-bond donors (Lipinski definition) is 1. The Morgan fingerprint density at radius 2 is 1.77 bits per heavy atom. The maximum absolute atomic E-state index is 13.9. The second-order valence-corrected chi connectivity index (χ2v) is 12.8. The number of sulfone groups is 1. The monoisotopic (exact) mass is 576 g/mol. The molecular weight excluding hydrogens is 528 g/mol. The van der Waals surface area contributed by atoms with Crippen molar-refractivity contribution in [1.29, 1.82) is 0 Å². The van der Waals surface area contributed by atoms with Gasteiger partial charge in [0.25, 0.3) is 0 Å². The van der Waals surface area contributed by atoms with Crippen LogP contribution in [-0.2, 0) is 24.0 Å². The fraction of sp³-hybridized carbons (Fsp3) is 0.625. The van der Waals surface area contributed by atoms with Crippen LogP contribution in [0.5, 0.6) is 5.75 Å². The molecule has 0 bridgehead atoms. The fourth-order valence-corrected chi connectivity index (χ4v) is 7.85. The Morgan fingerprint density at radius 1 is 1.00 bits per heavy atom. The molecular formula is C32H48O7S. The molecule has 4 atom stereocenters. The summed E-state index contributed by atoms with van der Waals surface area (Å²) in [6.07, 6.45) is 3.73. The minimum atomic E-state index is -3.67. The Balaban J connectivity index is 1.75. The maximum Gasteiger partial charge on any atom is 0.179 e. The normalized spacial score (nSPS) is 22.8. The lowest BCUT2D eigenvalue weighted by Crippen LogP contribution is -2.42. The number of ether oxygens (including phenoxy) is 4. The van der Waals surface area contributed by atoms with E-state index >= 15 is 0 Å². The molecule has 0 saturated heterocycles.